The van der Waals surface area contributed by atoms with Gasteiger partial charge in [0.2, 0.25) is 0 Å². The first kappa shape index (κ1) is 25.4. The van der Waals surface area contributed by atoms with E-state index in [0.717, 1.165) is 41.8 Å². The van der Waals surface area contributed by atoms with Crippen LogP contribution in [0.5, 0.6) is 5.75 Å². The van der Waals surface area contributed by atoms with Crippen molar-refractivity contribution in [3.8, 4) is 5.75 Å². The van der Waals surface area contributed by atoms with Crippen molar-refractivity contribution >= 4 is 56.6 Å². The number of anilines is 1. The van der Waals surface area contributed by atoms with Crippen LogP contribution in [0.1, 0.15) is 36.5 Å². The minimum atomic E-state index is -0.0565. The zero-order chi connectivity index (χ0) is 21.5. The van der Waals surface area contributed by atoms with Crippen molar-refractivity contribution in [3.05, 3.63) is 53.1 Å². The highest BCUT2D eigenvalue weighted by Crippen LogP contribution is 2.31. The van der Waals surface area contributed by atoms with E-state index in [1.807, 2.05) is 56.6 Å². The summed E-state index contributed by atoms with van der Waals surface area (Å²) in [7, 11) is 4.06. The first-order chi connectivity index (χ1) is 14.5. The van der Waals surface area contributed by atoms with E-state index in [9.17, 15) is 4.79 Å². The normalized spacial score (nSPS) is 10.9. The molecule has 0 N–H and O–H groups in total. The van der Waals surface area contributed by atoms with Gasteiger partial charge in [-0.1, -0.05) is 36.3 Å². The van der Waals surface area contributed by atoms with Crippen molar-refractivity contribution in [3.63, 3.8) is 0 Å². The van der Waals surface area contributed by atoms with Gasteiger partial charge < -0.3 is 9.64 Å². The monoisotopic (exact) mass is 481 g/mol. The molecule has 0 unspecified atom stereocenters. The predicted molar refractivity (Wildman–Crippen MR) is 134 cm³/mol. The predicted octanol–water partition coefficient (Wildman–Crippen LogP) is 6.15. The molecule has 0 aliphatic rings. The molecule has 3 aromatic rings. The van der Waals surface area contributed by atoms with Crippen LogP contribution >= 0.6 is 35.3 Å². The van der Waals surface area contributed by atoms with Crippen molar-refractivity contribution in [1.29, 1.82) is 0 Å². The van der Waals surface area contributed by atoms with E-state index < -0.39 is 0 Å². The van der Waals surface area contributed by atoms with E-state index in [-0.39, 0.29) is 18.3 Å². The Morgan fingerprint density at radius 1 is 1.10 bits per heavy atom. The molecule has 31 heavy (non-hydrogen) atoms. The summed E-state index contributed by atoms with van der Waals surface area (Å²) in [5.41, 5.74) is 1.48. The van der Waals surface area contributed by atoms with Crippen LogP contribution in [0.4, 0.5) is 5.13 Å². The fraction of sp³-hybridized carbons (Fsp3) is 0.391. The number of hydrogen-bond acceptors (Lipinski definition) is 5. The summed E-state index contributed by atoms with van der Waals surface area (Å²) in [5.74, 6) is 0.729. The number of hydrogen-bond donors (Lipinski definition) is 0. The molecule has 0 saturated heterocycles. The van der Waals surface area contributed by atoms with Gasteiger partial charge in [0, 0.05) is 17.1 Å². The molecule has 0 aliphatic carbocycles. The Hall–Kier alpha value is -1.86. The third-order valence-electron chi connectivity index (χ3n) is 4.67. The molecule has 0 aliphatic heterocycles. The zero-order valence-corrected chi connectivity index (χ0v) is 20.5. The lowest BCUT2D eigenvalue weighted by molar-refractivity contribution is 0.0986. The van der Waals surface area contributed by atoms with Gasteiger partial charge in [-0.05, 0) is 75.9 Å². The topological polar surface area (TPSA) is 45.7 Å². The van der Waals surface area contributed by atoms with Crippen LogP contribution in [0.25, 0.3) is 10.2 Å². The number of halogens is 2. The second-order valence-corrected chi connectivity index (χ2v) is 8.89. The Morgan fingerprint density at radius 2 is 1.84 bits per heavy atom. The number of fused-ring (bicyclic) bond motifs is 1. The van der Waals surface area contributed by atoms with Gasteiger partial charge in [0.15, 0.2) is 5.13 Å². The molecule has 1 amide bonds. The van der Waals surface area contributed by atoms with Gasteiger partial charge >= 0.3 is 0 Å². The Bertz CT molecular complexity index is 977. The first-order valence-electron chi connectivity index (χ1n) is 10.2. The van der Waals surface area contributed by atoms with Gasteiger partial charge in [0.25, 0.3) is 5.91 Å². The summed E-state index contributed by atoms with van der Waals surface area (Å²) in [6.07, 6.45) is 2.96. The molecular weight excluding hydrogens is 453 g/mol. The van der Waals surface area contributed by atoms with E-state index in [2.05, 4.69) is 11.8 Å². The molecule has 8 heteroatoms. The summed E-state index contributed by atoms with van der Waals surface area (Å²) < 4.78 is 6.69. The molecule has 0 fully saturated rings. The quantitative estimate of drug-likeness (QED) is 0.325. The fourth-order valence-electron chi connectivity index (χ4n) is 3.01. The summed E-state index contributed by atoms with van der Waals surface area (Å²) in [6.45, 7) is 4.31. The summed E-state index contributed by atoms with van der Waals surface area (Å²) in [4.78, 5) is 21.9. The molecule has 3 rings (SSSR count). The number of carbonyl (C=O) groups excluding carboxylic acids is 1. The van der Waals surface area contributed by atoms with Crippen molar-refractivity contribution in [2.75, 3.05) is 38.7 Å². The highest BCUT2D eigenvalue weighted by molar-refractivity contribution is 7.22. The number of amides is 1. The highest BCUT2D eigenvalue weighted by atomic mass is 35.5. The van der Waals surface area contributed by atoms with Crippen LogP contribution in [-0.2, 0) is 0 Å². The molecule has 1 heterocycles. The Labute approximate surface area is 199 Å². The molecular formula is C23H29Cl2N3O2S. The Kier molecular flexibility index (Phi) is 10.0. The van der Waals surface area contributed by atoms with E-state index in [1.54, 1.807) is 4.90 Å². The smallest absolute Gasteiger partial charge is 0.260 e. The lowest BCUT2D eigenvalue weighted by Crippen LogP contribution is -2.33. The average molecular weight is 482 g/mol. The van der Waals surface area contributed by atoms with Gasteiger partial charge in [0.05, 0.1) is 16.8 Å². The zero-order valence-electron chi connectivity index (χ0n) is 18.1. The van der Waals surface area contributed by atoms with E-state index in [1.165, 1.54) is 11.3 Å². The number of aromatic nitrogens is 1. The van der Waals surface area contributed by atoms with Crippen LogP contribution < -0.4 is 9.64 Å². The molecule has 0 radical (unpaired) electrons. The van der Waals surface area contributed by atoms with Crippen LogP contribution in [0.3, 0.4) is 0 Å². The van der Waals surface area contributed by atoms with Gasteiger partial charge in [-0.2, -0.15) is 0 Å². The van der Waals surface area contributed by atoms with Crippen LogP contribution in [-0.4, -0.2) is 49.6 Å². The summed E-state index contributed by atoms with van der Waals surface area (Å²) in [5, 5.41) is 1.36. The summed E-state index contributed by atoms with van der Waals surface area (Å²) >= 11 is 7.61. The van der Waals surface area contributed by atoms with Gasteiger partial charge in [-0.15, -0.1) is 12.4 Å². The number of ether oxygens (including phenoxy) is 1. The number of thiazole rings is 1. The number of benzene rings is 2. The van der Waals surface area contributed by atoms with Crippen molar-refractivity contribution in [2.24, 2.45) is 0 Å². The Morgan fingerprint density at radius 3 is 2.52 bits per heavy atom. The minimum Gasteiger partial charge on any atom is -0.494 e. The SMILES string of the molecule is CCCCOc1ccc(C(=O)N(CCCN(C)C)c2nc3ccc(Cl)cc3s2)cc1.Cl. The first-order valence-corrected chi connectivity index (χ1v) is 11.4. The second-order valence-electron chi connectivity index (χ2n) is 7.45. The van der Waals surface area contributed by atoms with Gasteiger partial charge in [-0.3, -0.25) is 9.69 Å². The van der Waals surface area contributed by atoms with Crippen molar-refractivity contribution < 1.29 is 9.53 Å². The van der Waals surface area contributed by atoms with Crippen LogP contribution in [0.15, 0.2) is 42.5 Å². The summed E-state index contributed by atoms with van der Waals surface area (Å²) in [6, 6.07) is 13.0. The maximum atomic E-state index is 13.3. The average Bonchev–Trinajstić information content (AvgIpc) is 3.14. The highest BCUT2D eigenvalue weighted by Gasteiger charge is 2.21. The molecule has 0 spiro atoms. The van der Waals surface area contributed by atoms with Crippen molar-refractivity contribution in [2.45, 2.75) is 26.2 Å². The minimum absolute atomic E-state index is 0. The number of rotatable bonds is 10. The molecule has 0 saturated carbocycles. The molecule has 2 aromatic carbocycles. The third-order valence-corrected chi connectivity index (χ3v) is 5.95. The van der Waals surface area contributed by atoms with E-state index >= 15 is 0 Å². The molecule has 5 nitrogen and oxygen atoms in total. The maximum absolute atomic E-state index is 13.3. The number of nitrogens with zero attached hydrogens (tertiary/aromatic N) is 3. The largest absolute Gasteiger partial charge is 0.494 e. The van der Waals surface area contributed by atoms with Gasteiger partial charge in [-0.25, -0.2) is 4.98 Å². The fourth-order valence-corrected chi connectivity index (χ4v) is 4.28. The molecule has 0 bridgehead atoms. The molecule has 168 valence electrons. The lowest BCUT2D eigenvalue weighted by Gasteiger charge is -2.21. The molecule has 1 aromatic heterocycles. The second kappa shape index (κ2) is 12.2. The van der Waals surface area contributed by atoms with Gasteiger partial charge in [0.1, 0.15) is 5.75 Å². The van der Waals surface area contributed by atoms with Crippen LogP contribution in [0.2, 0.25) is 5.02 Å². The van der Waals surface area contributed by atoms with Crippen molar-refractivity contribution in [1.82, 2.24) is 9.88 Å². The Balaban J connectivity index is 0.00000341. The van der Waals surface area contributed by atoms with E-state index in [4.69, 9.17) is 21.3 Å². The number of unbranched alkanes of at least 4 members (excludes halogenated alkanes) is 1. The lowest BCUT2D eigenvalue weighted by atomic mass is 10.2. The third kappa shape index (κ3) is 7.07. The van der Waals surface area contributed by atoms with E-state index in [0.29, 0.717) is 28.9 Å². The maximum Gasteiger partial charge on any atom is 0.260 e. The molecule has 0 atom stereocenters. The van der Waals surface area contributed by atoms with Crippen LogP contribution in [0, 0.1) is 0 Å². The standard InChI is InChI=1S/C23H28ClN3O2S.ClH/c1-4-5-15-29-19-10-7-17(8-11-19)22(28)27(14-6-13-26(2)3)23-25-20-12-9-18(24)16-21(20)30-23;/h7-12,16H,4-6,13-15H2,1-3H3;1H. The number of carbonyl (C=O) groups is 1.